The van der Waals surface area contributed by atoms with Gasteiger partial charge < -0.3 is 15.6 Å². The van der Waals surface area contributed by atoms with E-state index in [1.807, 2.05) is 13.0 Å². The van der Waals surface area contributed by atoms with E-state index < -0.39 is 0 Å². The van der Waals surface area contributed by atoms with Crippen LogP contribution in [0.5, 0.6) is 11.5 Å². The molecule has 3 nitrogen and oxygen atoms in total. The molecule has 1 rings (SSSR count). The largest absolute Gasteiger partial charge is 0.504 e. The van der Waals surface area contributed by atoms with Gasteiger partial charge in [-0.15, -0.1) is 0 Å². The molecule has 1 atom stereocenters. The number of hydrogen-bond donors (Lipinski definition) is 2. The van der Waals surface area contributed by atoms with E-state index in [0.29, 0.717) is 5.75 Å². The van der Waals surface area contributed by atoms with Gasteiger partial charge in [0.05, 0.1) is 7.11 Å². The molecule has 84 valence electrons. The van der Waals surface area contributed by atoms with Crippen molar-refractivity contribution in [2.24, 2.45) is 5.73 Å². The topological polar surface area (TPSA) is 55.5 Å². The molecule has 3 N–H and O–H groups in total. The third kappa shape index (κ3) is 3.39. The van der Waals surface area contributed by atoms with Gasteiger partial charge in [-0.3, -0.25) is 0 Å². The van der Waals surface area contributed by atoms with Gasteiger partial charge in [-0.25, -0.2) is 0 Å². The maximum atomic E-state index is 9.51. The summed E-state index contributed by atoms with van der Waals surface area (Å²) in [6.45, 7) is 1.98. The van der Waals surface area contributed by atoms with Gasteiger partial charge in [0.15, 0.2) is 11.5 Å². The summed E-state index contributed by atoms with van der Waals surface area (Å²) in [5, 5.41) is 9.51. The molecule has 0 aliphatic carbocycles. The molecule has 15 heavy (non-hydrogen) atoms. The SMILES string of the molecule is COc1cc(CCC(C)N)c(Br)cc1O. The Bertz CT molecular complexity index is 340. The fraction of sp³-hybridized carbons (Fsp3) is 0.455. The number of rotatable bonds is 4. The highest BCUT2D eigenvalue weighted by Gasteiger charge is 2.08. The molecule has 0 saturated carbocycles. The number of benzene rings is 1. The van der Waals surface area contributed by atoms with Crippen molar-refractivity contribution in [3.05, 3.63) is 22.2 Å². The van der Waals surface area contributed by atoms with Crippen LogP contribution < -0.4 is 10.5 Å². The minimum absolute atomic E-state index is 0.147. The molecule has 0 spiro atoms. The first-order valence-corrected chi connectivity index (χ1v) is 5.65. The smallest absolute Gasteiger partial charge is 0.160 e. The number of phenolic OH excluding ortho intramolecular Hbond substituents is 1. The minimum Gasteiger partial charge on any atom is -0.504 e. The molecule has 0 heterocycles. The van der Waals surface area contributed by atoms with Crippen LogP contribution in [0.3, 0.4) is 0 Å². The molecule has 0 bridgehead atoms. The quantitative estimate of drug-likeness (QED) is 0.886. The van der Waals surface area contributed by atoms with E-state index in [0.717, 1.165) is 22.9 Å². The summed E-state index contributed by atoms with van der Waals surface area (Å²) in [6.07, 6.45) is 1.78. The molecular weight excluding hydrogens is 258 g/mol. The Morgan fingerprint density at radius 3 is 2.73 bits per heavy atom. The van der Waals surface area contributed by atoms with Crippen molar-refractivity contribution in [2.45, 2.75) is 25.8 Å². The normalized spacial score (nSPS) is 12.5. The van der Waals surface area contributed by atoms with Crippen LogP contribution in [-0.4, -0.2) is 18.3 Å². The van der Waals surface area contributed by atoms with Gasteiger partial charge in [-0.2, -0.15) is 0 Å². The van der Waals surface area contributed by atoms with Crippen molar-refractivity contribution < 1.29 is 9.84 Å². The van der Waals surface area contributed by atoms with E-state index in [-0.39, 0.29) is 11.8 Å². The van der Waals surface area contributed by atoms with Gasteiger partial charge in [0.25, 0.3) is 0 Å². The van der Waals surface area contributed by atoms with Crippen molar-refractivity contribution in [3.8, 4) is 11.5 Å². The Kier molecular flexibility index (Phi) is 4.42. The average molecular weight is 274 g/mol. The summed E-state index contributed by atoms with van der Waals surface area (Å²) in [4.78, 5) is 0. The maximum Gasteiger partial charge on any atom is 0.160 e. The van der Waals surface area contributed by atoms with Crippen LogP contribution in [0, 0.1) is 0 Å². The first-order chi connectivity index (χ1) is 7.04. The van der Waals surface area contributed by atoms with Crippen molar-refractivity contribution >= 4 is 15.9 Å². The van der Waals surface area contributed by atoms with Crippen LogP contribution in [0.25, 0.3) is 0 Å². The lowest BCUT2D eigenvalue weighted by atomic mass is 10.1. The van der Waals surface area contributed by atoms with E-state index in [9.17, 15) is 5.11 Å². The zero-order valence-electron chi connectivity index (χ0n) is 8.96. The van der Waals surface area contributed by atoms with Crippen LogP contribution in [0.2, 0.25) is 0 Å². The average Bonchev–Trinajstić information content (AvgIpc) is 2.16. The van der Waals surface area contributed by atoms with E-state index in [1.54, 1.807) is 6.07 Å². The zero-order valence-corrected chi connectivity index (χ0v) is 10.5. The zero-order chi connectivity index (χ0) is 11.4. The van der Waals surface area contributed by atoms with Crippen LogP contribution in [0.15, 0.2) is 16.6 Å². The Labute approximate surface area is 98.4 Å². The van der Waals surface area contributed by atoms with Gasteiger partial charge in [0, 0.05) is 10.5 Å². The lowest BCUT2D eigenvalue weighted by Gasteiger charge is -2.10. The third-order valence-electron chi connectivity index (χ3n) is 2.22. The highest BCUT2D eigenvalue weighted by atomic mass is 79.9. The molecule has 0 aliphatic heterocycles. The summed E-state index contributed by atoms with van der Waals surface area (Å²) >= 11 is 3.40. The molecule has 0 fully saturated rings. The highest BCUT2D eigenvalue weighted by Crippen LogP contribution is 2.32. The minimum atomic E-state index is 0.147. The van der Waals surface area contributed by atoms with Crippen molar-refractivity contribution in [3.63, 3.8) is 0 Å². The second-order valence-corrected chi connectivity index (χ2v) is 4.49. The van der Waals surface area contributed by atoms with Gasteiger partial charge >= 0.3 is 0 Å². The Hall–Kier alpha value is -0.740. The van der Waals surface area contributed by atoms with E-state index in [4.69, 9.17) is 10.5 Å². The fourth-order valence-electron chi connectivity index (χ4n) is 1.32. The Balaban J connectivity index is 2.87. The summed E-state index contributed by atoms with van der Waals surface area (Å²) < 4.78 is 5.94. The van der Waals surface area contributed by atoms with Crippen LogP contribution >= 0.6 is 15.9 Å². The maximum absolute atomic E-state index is 9.51. The molecule has 0 saturated heterocycles. The lowest BCUT2D eigenvalue weighted by Crippen LogP contribution is -2.15. The molecule has 0 amide bonds. The van der Waals surface area contributed by atoms with Crippen molar-refractivity contribution in [1.29, 1.82) is 0 Å². The Morgan fingerprint density at radius 1 is 1.53 bits per heavy atom. The number of aryl methyl sites for hydroxylation is 1. The van der Waals surface area contributed by atoms with E-state index >= 15 is 0 Å². The van der Waals surface area contributed by atoms with Crippen molar-refractivity contribution in [1.82, 2.24) is 0 Å². The first kappa shape index (κ1) is 12.3. The first-order valence-electron chi connectivity index (χ1n) is 4.85. The molecule has 0 radical (unpaired) electrons. The fourth-order valence-corrected chi connectivity index (χ4v) is 1.85. The number of halogens is 1. The summed E-state index contributed by atoms with van der Waals surface area (Å²) in [6, 6.07) is 3.66. The predicted molar refractivity (Wildman–Crippen MR) is 64.3 cm³/mol. The Morgan fingerprint density at radius 2 is 2.20 bits per heavy atom. The third-order valence-corrected chi connectivity index (χ3v) is 2.96. The number of methoxy groups -OCH3 is 1. The summed E-state index contributed by atoms with van der Waals surface area (Å²) in [5.41, 5.74) is 6.79. The van der Waals surface area contributed by atoms with Crippen LogP contribution in [-0.2, 0) is 6.42 Å². The van der Waals surface area contributed by atoms with Crippen molar-refractivity contribution in [2.75, 3.05) is 7.11 Å². The van der Waals surface area contributed by atoms with E-state index in [1.165, 1.54) is 7.11 Å². The molecule has 0 aliphatic rings. The van der Waals surface area contributed by atoms with Crippen LogP contribution in [0.1, 0.15) is 18.9 Å². The molecule has 0 aromatic heterocycles. The number of phenols is 1. The number of ether oxygens (including phenoxy) is 1. The number of aromatic hydroxyl groups is 1. The second-order valence-electron chi connectivity index (χ2n) is 3.63. The summed E-state index contributed by atoms with van der Waals surface area (Å²) in [5.74, 6) is 0.645. The molecule has 1 aromatic carbocycles. The van der Waals surface area contributed by atoms with E-state index in [2.05, 4.69) is 15.9 Å². The summed E-state index contributed by atoms with van der Waals surface area (Å²) in [7, 11) is 1.54. The predicted octanol–water partition coefficient (Wildman–Crippen LogP) is 2.44. The van der Waals surface area contributed by atoms with Crippen LogP contribution in [0.4, 0.5) is 0 Å². The molecule has 1 aromatic rings. The second kappa shape index (κ2) is 5.37. The monoisotopic (exact) mass is 273 g/mol. The molecule has 4 heteroatoms. The molecule has 1 unspecified atom stereocenters. The van der Waals surface area contributed by atoms with Gasteiger partial charge in [-0.05, 0) is 37.5 Å². The number of hydrogen-bond acceptors (Lipinski definition) is 3. The van der Waals surface area contributed by atoms with Gasteiger partial charge in [-0.1, -0.05) is 15.9 Å². The highest BCUT2D eigenvalue weighted by molar-refractivity contribution is 9.10. The number of nitrogens with two attached hydrogens (primary N) is 1. The van der Waals surface area contributed by atoms with Gasteiger partial charge in [0.1, 0.15) is 0 Å². The molecular formula is C11H16BrNO2. The van der Waals surface area contributed by atoms with Gasteiger partial charge in [0.2, 0.25) is 0 Å². The lowest BCUT2D eigenvalue weighted by molar-refractivity contribution is 0.372. The standard InChI is InChI=1S/C11H16BrNO2/c1-7(13)3-4-8-5-11(15-2)10(14)6-9(8)12/h5-7,14H,3-4,13H2,1-2H3.